The second-order valence-electron chi connectivity index (χ2n) is 4.85. The molecule has 0 aliphatic carbocycles. The van der Waals surface area contributed by atoms with E-state index >= 15 is 0 Å². The normalized spacial score (nSPS) is 28.2. The lowest BCUT2D eigenvalue weighted by molar-refractivity contribution is 0.0491. The molecule has 1 saturated heterocycles. The number of nitrogens with one attached hydrogen (secondary N) is 1. The van der Waals surface area contributed by atoms with Crippen molar-refractivity contribution in [3.05, 3.63) is 0 Å². The molecule has 0 aromatic rings. The van der Waals surface area contributed by atoms with Crippen molar-refractivity contribution in [2.75, 3.05) is 7.05 Å². The standard InChI is InChI=1S/C13H27NO/c1-4-6-12(14-3)7-5-8-13-10-9-11(2)15-13/h11-14H,4-10H2,1-3H3. The second-order valence-corrected chi connectivity index (χ2v) is 4.85. The van der Waals surface area contributed by atoms with Gasteiger partial charge in [-0.3, -0.25) is 0 Å². The van der Waals surface area contributed by atoms with E-state index in [1.54, 1.807) is 0 Å². The number of rotatable bonds is 7. The Hall–Kier alpha value is -0.0800. The molecule has 1 N–H and O–H groups in total. The maximum atomic E-state index is 5.82. The predicted molar refractivity (Wildman–Crippen MR) is 65.2 cm³/mol. The fraction of sp³-hybridized carbons (Fsp3) is 1.00. The van der Waals surface area contributed by atoms with Gasteiger partial charge in [-0.15, -0.1) is 0 Å². The van der Waals surface area contributed by atoms with Crippen LogP contribution in [0.5, 0.6) is 0 Å². The lowest BCUT2D eigenvalue weighted by Crippen LogP contribution is -2.25. The van der Waals surface area contributed by atoms with Crippen molar-refractivity contribution in [3.63, 3.8) is 0 Å². The maximum absolute atomic E-state index is 5.82. The summed E-state index contributed by atoms with van der Waals surface area (Å²) in [4.78, 5) is 0. The first kappa shape index (κ1) is 13.0. The van der Waals surface area contributed by atoms with Gasteiger partial charge in [0.15, 0.2) is 0 Å². The van der Waals surface area contributed by atoms with Gasteiger partial charge in [0, 0.05) is 6.04 Å². The van der Waals surface area contributed by atoms with E-state index in [1.165, 1.54) is 44.9 Å². The second kappa shape index (κ2) is 7.24. The van der Waals surface area contributed by atoms with E-state index in [-0.39, 0.29) is 0 Å². The highest BCUT2D eigenvalue weighted by Crippen LogP contribution is 2.23. The summed E-state index contributed by atoms with van der Waals surface area (Å²) in [7, 11) is 2.08. The average Bonchev–Trinajstić information content (AvgIpc) is 2.63. The van der Waals surface area contributed by atoms with Gasteiger partial charge in [-0.05, 0) is 52.5 Å². The Labute approximate surface area is 94.8 Å². The van der Waals surface area contributed by atoms with Gasteiger partial charge in [0.2, 0.25) is 0 Å². The molecule has 0 radical (unpaired) electrons. The van der Waals surface area contributed by atoms with E-state index in [0.717, 1.165) is 0 Å². The third-order valence-electron chi connectivity index (χ3n) is 3.44. The molecule has 3 atom stereocenters. The third kappa shape index (κ3) is 4.98. The molecule has 0 bridgehead atoms. The number of hydrogen-bond donors (Lipinski definition) is 1. The lowest BCUT2D eigenvalue weighted by Gasteiger charge is -2.16. The highest BCUT2D eigenvalue weighted by molar-refractivity contribution is 4.72. The number of ether oxygens (including phenoxy) is 1. The molecule has 0 aromatic carbocycles. The van der Waals surface area contributed by atoms with Gasteiger partial charge in [-0.25, -0.2) is 0 Å². The zero-order valence-corrected chi connectivity index (χ0v) is 10.6. The van der Waals surface area contributed by atoms with E-state index in [4.69, 9.17) is 4.74 Å². The van der Waals surface area contributed by atoms with Crippen LogP contribution in [-0.2, 0) is 4.74 Å². The fourth-order valence-electron chi connectivity index (χ4n) is 2.47. The van der Waals surface area contributed by atoms with Crippen LogP contribution in [0.2, 0.25) is 0 Å². The highest BCUT2D eigenvalue weighted by atomic mass is 16.5. The van der Waals surface area contributed by atoms with E-state index < -0.39 is 0 Å². The Balaban J connectivity index is 2.04. The lowest BCUT2D eigenvalue weighted by atomic mass is 10.0. The molecule has 2 nitrogen and oxygen atoms in total. The largest absolute Gasteiger partial charge is 0.375 e. The van der Waals surface area contributed by atoms with Crippen LogP contribution in [0.1, 0.15) is 58.8 Å². The van der Waals surface area contributed by atoms with Gasteiger partial charge in [-0.1, -0.05) is 13.3 Å². The van der Waals surface area contributed by atoms with Crippen molar-refractivity contribution >= 4 is 0 Å². The topological polar surface area (TPSA) is 21.3 Å². The summed E-state index contributed by atoms with van der Waals surface area (Å²) in [5.41, 5.74) is 0. The Morgan fingerprint density at radius 1 is 1.33 bits per heavy atom. The Kier molecular flexibility index (Phi) is 6.26. The maximum Gasteiger partial charge on any atom is 0.0579 e. The van der Waals surface area contributed by atoms with Crippen LogP contribution in [0.3, 0.4) is 0 Å². The van der Waals surface area contributed by atoms with E-state index in [1.807, 2.05) is 0 Å². The van der Waals surface area contributed by atoms with E-state index in [0.29, 0.717) is 18.2 Å². The predicted octanol–water partition coefficient (Wildman–Crippen LogP) is 3.11. The van der Waals surface area contributed by atoms with Crippen molar-refractivity contribution in [1.29, 1.82) is 0 Å². The van der Waals surface area contributed by atoms with Crippen molar-refractivity contribution in [3.8, 4) is 0 Å². The summed E-state index contributed by atoms with van der Waals surface area (Å²) >= 11 is 0. The summed E-state index contributed by atoms with van der Waals surface area (Å²) in [5, 5.41) is 3.40. The molecule has 1 aliphatic heterocycles. The smallest absolute Gasteiger partial charge is 0.0579 e. The first-order chi connectivity index (χ1) is 7.26. The van der Waals surface area contributed by atoms with Gasteiger partial charge >= 0.3 is 0 Å². The quantitative estimate of drug-likeness (QED) is 0.701. The van der Waals surface area contributed by atoms with Gasteiger partial charge in [0.25, 0.3) is 0 Å². The summed E-state index contributed by atoms with van der Waals surface area (Å²) < 4.78 is 5.82. The fourth-order valence-corrected chi connectivity index (χ4v) is 2.47. The minimum Gasteiger partial charge on any atom is -0.375 e. The highest BCUT2D eigenvalue weighted by Gasteiger charge is 2.21. The molecule has 0 amide bonds. The Morgan fingerprint density at radius 3 is 2.67 bits per heavy atom. The zero-order valence-electron chi connectivity index (χ0n) is 10.6. The summed E-state index contributed by atoms with van der Waals surface area (Å²) in [5.74, 6) is 0. The average molecular weight is 213 g/mol. The molecule has 2 heteroatoms. The van der Waals surface area contributed by atoms with Crippen LogP contribution in [0.25, 0.3) is 0 Å². The van der Waals surface area contributed by atoms with Crippen LogP contribution >= 0.6 is 0 Å². The molecule has 1 aliphatic rings. The van der Waals surface area contributed by atoms with Gasteiger partial charge in [-0.2, -0.15) is 0 Å². The van der Waals surface area contributed by atoms with E-state index in [9.17, 15) is 0 Å². The zero-order chi connectivity index (χ0) is 11.1. The first-order valence-corrected chi connectivity index (χ1v) is 6.59. The van der Waals surface area contributed by atoms with E-state index in [2.05, 4.69) is 26.2 Å². The van der Waals surface area contributed by atoms with Crippen LogP contribution in [0.15, 0.2) is 0 Å². The molecular weight excluding hydrogens is 186 g/mol. The molecule has 1 fully saturated rings. The van der Waals surface area contributed by atoms with Crippen LogP contribution in [0.4, 0.5) is 0 Å². The monoisotopic (exact) mass is 213 g/mol. The van der Waals surface area contributed by atoms with Crippen LogP contribution in [0, 0.1) is 0 Å². The van der Waals surface area contributed by atoms with Crippen molar-refractivity contribution in [1.82, 2.24) is 5.32 Å². The number of hydrogen-bond acceptors (Lipinski definition) is 2. The summed E-state index contributed by atoms with van der Waals surface area (Å²) in [6, 6.07) is 0.717. The molecule has 15 heavy (non-hydrogen) atoms. The van der Waals surface area contributed by atoms with Crippen molar-refractivity contribution in [2.24, 2.45) is 0 Å². The third-order valence-corrected chi connectivity index (χ3v) is 3.44. The molecule has 0 saturated carbocycles. The van der Waals surface area contributed by atoms with Gasteiger partial charge in [0.1, 0.15) is 0 Å². The van der Waals surface area contributed by atoms with Gasteiger partial charge < -0.3 is 10.1 Å². The summed E-state index contributed by atoms with van der Waals surface area (Å²) in [6.07, 6.45) is 10.0. The first-order valence-electron chi connectivity index (χ1n) is 6.59. The molecule has 3 unspecified atom stereocenters. The molecule has 0 spiro atoms. The molecule has 0 aromatic heterocycles. The SMILES string of the molecule is CCCC(CCCC1CCC(C)O1)NC. The van der Waals surface area contributed by atoms with Crippen LogP contribution < -0.4 is 5.32 Å². The molecule has 1 rings (SSSR count). The minimum absolute atomic E-state index is 0.505. The van der Waals surface area contributed by atoms with Crippen molar-refractivity contribution < 1.29 is 4.74 Å². The van der Waals surface area contributed by atoms with Gasteiger partial charge in [0.05, 0.1) is 12.2 Å². The molecular formula is C13H27NO. The molecule has 90 valence electrons. The van der Waals surface area contributed by atoms with Crippen LogP contribution in [-0.4, -0.2) is 25.3 Å². The Bertz CT molecular complexity index is 157. The van der Waals surface area contributed by atoms with Crippen molar-refractivity contribution in [2.45, 2.75) is 77.0 Å². The summed E-state index contributed by atoms with van der Waals surface area (Å²) in [6.45, 7) is 4.44. The minimum atomic E-state index is 0.505. The molecule has 1 heterocycles. The Morgan fingerprint density at radius 2 is 2.13 bits per heavy atom.